The van der Waals surface area contributed by atoms with E-state index in [0.717, 1.165) is 12.1 Å². The second-order valence-corrected chi connectivity index (χ2v) is 3.22. The standard InChI is InChI=1S/C11H16FNO/c1-9(13-7-8-14-2)10-3-5-11(12)6-4-10/h3-6,9,13H,7-8H2,1-2H3/t9-/m1/s1. The number of hydrogen-bond acceptors (Lipinski definition) is 2. The second-order valence-electron chi connectivity index (χ2n) is 3.22. The monoisotopic (exact) mass is 197 g/mol. The summed E-state index contributed by atoms with van der Waals surface area (Å²) in [5.74, 6) is -0.196. The van der Waals surface area contributed by atoms with E-state index in [1.165, 1.54) is 12.1 Å². The first-order chi connectivity index (χ1) is 6.74. The molecule has 0 unspecified atom stereocenters. The molecule has 0 bridgehead atoms. The molecule has 14 heavy (non-hydrogen) atoms. The Kier molecular flexibility index (Phi) is 4.56. The predicted molar refractivity (Wildman–Crippen MR) is 54.7 cm³/mol. The van der Waals surface area contributed by atoms with E-state index >= 15 is 0 Å². The lowest BCUT2D eigenvalue weighted by atomic mass is 10.1. The topological polar surface area (TPSA) is 21.3 Å². The Morgan fingerprint density at radius 3 is 2.57 bits per heavy atom. The summed E-state index contributed by atoms with van der Waals surface area (Å²) in [5.41, 5.74) is 1.09. The Balaban J connectivity index is 2.43. The number of benzene rings is 1. The van der Waals surface area contributed by atoms with Crippen LogP contribution in [0.5, 0.6) is 0 Å². The van der Waals surface area contributed by atoms with E-state index in [-0.39, 0.29) is 11.9 Å². The Hall–Kier alpha value is -0.930. The maximum atomic E-state index is 12.6. The van der Waals surface area contributed by atoms with Crippen LogP contribution in [0, 0.1) is 5.82 Å². The Morgan fingerprint density at radius 1 is 1.36 bits per heavy atom. The van der Waals surface area contributed by atoms with E-state index in [2.05, 4.69) is 5.32 Å². The quantitative estimate of drug-likeness (QED) is 0.730. The molecule has 78 valence electrons. The van der Waals surface area contributed by atoms with E-state index in [9.17, 15) is 4.39 Å². The van der Waals surface area contributed by atoms with E-state index in [1.54, 1.807) is 19.2 Å². The highest BCUT2D eigenvalue weighted by Crippen LogP contribution is 2.12. The molecule has 0 saturated heterocycles. The summed E-state index contributed by atoms with van der Waals surface area (Å²) < 4.78 is 17.5. The average Bonchev–Trinajstić information content (AvgIpc) is 2.19. The van der Waals surface area contributed by atoms with Crippen LogP contribution in [0.3, 0.4) is 0 Å². The number of hydrogen-bond donors (Lipinski definition) is 1. The van der Waals surface area contributed by atoms with Gasteiger partial charge in [0.25, 0.3) is 0 Å². The van der Waals surface area contributed by atoms with Gasteiger partial charge in [0, 0.05) is 19.7 Å². The zero-order valence-corrected chi connectivity index (χ0v) is 8.59. The van der Waals surface area contributed by atoms with Gasteiger partial charge in [0.2, 0.25) is 0 Å². The van der Waals surface area contributed by atoms with Gasteiger partial charge in [-0.3, -0.25) is 0 Å². The first kappa shape index (κ1) is 11.1. The van der Waals surface area contributed by atoms with Gasteiger partial charge in [0.15, 0.2) is 0 Å². The number of methoxy groups -OCH3 is 1. The van der Waals surface area contributed by atoms with Crippen molar-refractivity contribution in [2.24, 2.45) is 0 Å². The molecule has 1 aromatic carbocycles. The highest BCUT2D eigenvalue weighted by atomic mass is 19.1. The van der Waals surface area contributed by atoms with Crippen molar-refractivity contribution in [3.63, 3.8) is 0 Å². The molecule has 0 amide bonds. The molecule has 0 radical (unpaired) electrons. The van der Waals surface area contributed by atoms with Crippen LogP contribution >= 0.6 is 0 Å². The fraction of sp³-hybridized carbons (Fsp3) is 0.455. The first-order valence-corrected chi connectivity index (χ1v) is 4.72. The van der Waals surface area contributed by atoms with Crippen molar-refractivity contribution >= 4 is 0 Å². The minimum atomic E-state index is -0.196. The van der Waals surface area contributed by atoms with Crippen LogP contribution in [0.25, 0.3) is 0 Å². The lowest BCUT2D eigenvalue weighted by Crippen LogP contribution is -2.22. The van der Waals surface area contributed by atoms with Crippen LogP contribution in [0.15, 0.2) is 24.3 Å². The van der Waals surface area contributed by atoms with E-state index < -0.39 is 0 Å². The molecule has 0 saturated carbocycles. The van der Waals surface area contributed by atoms with Gasteiger partial charge in [0.1, 0.15) is 5.82 Å². The third kappa shape index (κ3) is 3.44. The summed E-state index contributed by atoms with van der Waals surface area (Å²) in [6.45, 7) is 3.53. The summed E-state index contributed by atoms with van der Waals surface area (Å²) in [5, 5.41) is 3.27. The van der Waals surface area contributed by atoms with E-state index in [0.29, 0.717) is 6.61 Å². The van der Waals surface area contributed by atoms with Gasteiger partial charge in [0.05, 0.1) is 6.61 Å². The zero-order valence-electron chi connectivity index (χ0n) is 8.59. The fourth-order valence-corrected chi connectivity index (χ4v) is 1.25. The van der Waals surface area contributed by atoms with Crippen molar-refractivity contribution in [1.82, 2.24) is 5.32 Å². The van der Waals surface area contributed by atoms with Crippen molar-refractivity contribution in [3.05, 3.63) is 35.6 Å². The highest BCUT2D eigenvalue weighted by Gasteiger charge is 2.03. The van der Waals surface area contributed by atoms with Crippen LogP contribution in [-0.2, 0) is 4.74 Å². The Morgan fingerprint density at radius 2 is 2.00 bits per heavy atom. The summed E-state index contributed by atoms with van der Waals surface area (Å²) in [7, 11) is 1.67. The van der Waals surface area contributed by atoms with Gasteiger partial charge < -0.3 is 10.1 Å². The summed E-state index contributed by atoms with van der Waals surface area (Å²) >= 11 is 0. The van der Waals surface area contributed by atoms with Crippen LogP contribution in [-0.4, -0.2) is 20.3 Å². The highest BCUT2D eigenvalue weighted by molar-refractivity contribution is 5.19. The normalized spacial score (nSPS) is 12.8. The smallest absolute Gasteiger partial charge is 0.123 e. The maximum absolute atomic E-state index is 12.6. The largest absolute Gasteiger partial charge is 0.383 e. The summed E-state index contributed by atoms with van der Waals surface area (Å²) in [6, 6.07) is 6.76. The SMILES string of the molecule is COCCN[C@H](C)c1ccc(F)cc1. The molecular weight excluding hydrogens is 181 g/mol. The Labute approximate surface area is 84.1 Å². The molecule has 2 nitrogen and oxygen atoms in total. The van der Waals surface area contributed by atoms with E-state index in [1.807, 2.05) is 6.92 Å². The molecule has 0 aromatic heterocycles. The number of ether oxygens (including phenoxy) is 1. The molecule has 0 aliphatic rings. The van der Waals surface area contributed by atoms with Gasteiger partial charge in [-0.1, -0.05) is 12.1 Å². The van der Waals surface area contributed by atoms with Crippen LogP contribution in [0.1, 0.15) is 18.5 Å². The lowest BCUT2D eigenvalue weighted by Gasteiger charge is -2.13. The van der Waals surface area contributed by atoms with Gasteiger partial charge in [-0.15, -0.1) is 0 Å². The minimum Gasteiger partial charge on any atom is -0.383 e. The maximum Gasteiger partial charge on any atom is 0.123 e. The third-order valence-corrected chi connectivity index (χ3v) is 2.13. The third-order valence-electron chi connectivity index (χ3n) is 2.13. The molecule has 3 heteroatoms. The summed E-state index contributed by atoms with van der Waals surface area (Å²) in [6.07, 6.45) is 0. The molecule has 1 rings (SSSR count). The molecule has 0 fully saturated rings. The lowest BCUT2D eigenvalue weighted by molar-refractivity contribution is 0.196. The van der Waals surface area contributed by atoms with Crippen LogP contribution in [0.2, 0.25) is 0 Å². The molecule has 0 aliphatic heterocycles. The Bertz CT molecular complexity index is 260. The predicted octanol–water partition coefficient (Wildman–Crippen LogP) is 2.12. The minimum absolute atomic E-state index is 0.196. The fourth-order valence-electron chi connectivity index (χ4n) is 1.25. The van der Waals surface area contributed by atoms with Crippen LogP contribution in [0.4, 0.5) is 4.39 Å². The number of halogens is 1. The number of nitrogens with one attached hydrogen (secondary N) is 1. The average molecular weight is 197 g/mol. The molecule has 1 atom stereocenters. The summed E-state index contributed by atoms with van der Waals surface area (Å²) in [4.78, 5) is 0. The second kappa shape index (κ2) is 5.73. The first-order valence-electron chi connectivity index (χ1n) is 4.72. The van der Waals surface area contributed by atoms with Crippen molar-refractivity contribution in [2.75, 3.05) is 20.3 Å². The molecular formula is C11H16FNO. The van der Waals surface area contributed by atoms with Gasteiger partial charge in [-0.25, -0.2) is 4.39 Å². The zero-order chi connectivity index (χ0) is 10.4. The van der Waals surface area contributed by atoms with Gasteiger partial charge >= 0.3 is 0 Å². The molecule has 0 heterocycles. The van der Waals surface area contributed by atoms with Gasteiger partial charge in [-0.05, 0) is 24.6 Å². The van der Waals surface area contributed by atoms with Crippen molar-refractivity contribution < 1.29 is 9.13 Å². The van der Waals surface area contributed by atoms with E-state index in [4.69, 9.17) is 4.74 Å². The van der Waals surface area contributed by atoms with Gasteiger partial charge in [-0.2, -0.15) is 0 Å². The van der Waals surface area contributed by atoms with Crippen LogP contribution < -0.4 is 5.32 Å². The number of rotatable bonds is 5. The van der Waals surface area contributed by atoms with Crippen molar-refractivity contribution in [3.8, 4) is 0 Å². The molecule has 1 N–H and O–H groups in total. The molecule has 0 spiro atoms. The molecule has 0 aliphatic carbocycles. The van der Waals surface area contributed by atoms with Crippen molar-refractivity contribution in [1.29, 1.82) is 0 Å². The molecule has 1 aromatic rings. The van der Waals surface area contributed by atoms with Crippen molar-refractivity contribution in [2.45, 2.75) is 13.0 Å².